The SMILES string of the molecule is Cc1cc(C(=O)O)ccc1OCCN1CCN(C(=O)OC(C)(C)C)C[C@@H]1C. The lowest BCUT2D eigenvalue weighted by Crippen LogP contribution is -2.55. The van der Waals surface area contributed by atoms with Crippen molar-refractivity contribution in [3.8, 4) is 5.75 Å². The highest BCUT2D eigenvalue weighted by molar-refractivity contribution is 5.88. The first-order valence-electron chi connectivity index (χ1n) is 9.25. The molecule has 7 nitrogen and oxygen atoms in total. The zero-order valence-corrected chi connectivity index (χ0v) is 16.8. The number of ether oxygens (including phenoxy) is 2. The van der Waals surface area contributed by atoms with Crippen LogP contribution >= 0.6 is 0 Å². The van der Waals surface area contributed by atoms with E-state index in [1.165, 1.54) is 0 Å². The molecule has 0 radical (unpaired) electrons. The number of piperazine rings is 1. The number of aryl methyl sites for hydroxylation is 1. The molecule has 27 heavy (non-hydrogen) atoms. The van der Waals surface area contributed by atoms with E-state index < -0.39 is 11.6 Å². The molecule has 1 atom stereocenters. The lowest BCUT2D eigenvalue weighted by atomic mass is 10.1. The zero-order chi connectivity index (χ0) is 20.2. The van der Waals surface area contributed by atoms with Gasteiger partial charge in [-0.3, -0.25) is 4.90 Å². The second-order valence-electron chi connectivity index (χ2n) is 7.95. The van der Waals surface area contributed by atoms with Crippen molar-refractivity contribution in [3.63, 3.8) is 0 Å². The maximum Gasteiger partial charge on any atom is 0.410 e. The monoisotopic (exact) mass is 378 g/mol. The lowest BCUT2D eigenvalue weighted by Gasteiger charge is -2.40. The van der Waals surface area contributed by atoms with Crippen LogP contribution in [0.5, 0.6) is 5.75 Å². The Balaban J connectivity index is 1.81. The number of carbonyl (C=O) groups excluding carboxylic acids is 1. The average molecular weight is 378 g/mol. The molecule has 2 rings (SSSR count). The Bertz CT molecular complexity index is 683. The molecular formula is C20H30N2O5. The van der Waals surface area contributed by atoms with Crippen molar-refractivity contribution in [2.75, 3.05) is 32.8 Å². The van der Waals surface area contributed by atoms with Crippen LogP contribution in [0.3, 0.4) is 0 Å². The minimum Gasteiger partial charge on any atom is -0.492 e. The molecule has 1 saturated heterocycles. The van der Waals surface area contributed by atoms with Crippen LogP contribution < -0.4 is 4.74 Å². The van der Waals surface area contributed by atoms with Crippen LogP contribution in [0.4, 0.5) is 4.79 Å². The minimum atomic E-state index is -0.943. The van der Waals surface area contributed by atoms with E-state index in [0.29, 0.717) is 25.4 Å². The van der Waals surface area contributed by atoms with E-state index in [4.69, 9.17) is 14.6 Å². The number of amides is 1. The molecule has 1 heterocycles. The van der Waals surface area contributed by atoms with E-state index >= 15 is 0 Å². The first-order chi connectivity index (χ1) is 12.6. The van der Waals surface area contributed by atoms with Gasteiger partial charge in [0.1, 0.15) is 18.0 Å². The van der Waals surface area contributed by atoms with Gasteiger partial charge in [-0.05, 0) is 58.4 Å². The maximum atomic E-state index is 12.2. The second-order valence-corrected chi connectivity index (χ2v) is 7.95. The van der Waals surface area contributed by atoms with Crippen LogP contribution in [0, 0.1) is 6.92 Å². The fraction of sp³-hybridized carbons (Fsp3) is 0.600. The van der Waals surface area contributed by atoms with Crippen molar-refractivity contribution < 1.29 is 24.2 Å². The van der Waals surface area contributed by atoms with Crippen LogP contribution in [0.25, 0.3) is 0 Å². The third kappa shape index (κ3) is 6.13. The third-order valence-electron chi connectivity index (χ3n) is 4.47. The Morgan fingerprint density at radius 2 is 1.96 bits per heavy atom. The molecule has 7 heteroatoms. The Morgan fingerprint density at radius 3 is 2.52 bits per heavy atom. The zero-order valence-electron chi connectivity index (χ0n) is 16.8. The quantitative estimate of drug-likeness (QED) is 0.848. The van der Waals surface area contributed by atoms with Gasteiger partial charge in [-0.15, -0.1) is 0 Å². The summed E-state index contributed by atoms with van der Waals surface area (Å²) in [6, 6.07) is 5.07. The molecule has 0 unspecified atom stereocenters. The fourth-order valence-corrected chi connectivity index (χ4v) is 3.04. The van der Waals surface area contributed by atoms with Gasteiger partial charge in [0.05, 0.1) is 5.56 Å². The van der Waals surface area contributed by atoms with Gasteiger partial charge in [0, 0.05) is 32.2 Å². The molecular weight excluding hydrogens is 348 g/mol. The van der Waals surface area contributed by atoms with E-state index in [-0.39, 0.29) is 17.7 Å². The first kappa shape index (κ1) is 21.0. The molecule has 0 aliphatic carbocycles. The largest absolute Gasteiger partial charge is 0.492 e. The molecule has 1 aliphatic heterocycles. The molecule has 150 valence electrons. The predicted molar refractivity (Wildman–Crippen MR) is 102 cm³/mol. The van der Waals surface area contributed by atoms with Gasteiger partial charge >= 0.3 is 12.1 Å². The highest BCUT2D eigenvalue weighted by Gasteiger charge is 2.29. The van der Waals surface area contributed by atoms with Crippen molar-refractivity contribution in [1.29, 1.82) is 0 Å². The Kier molecular flexibility index (Phi) is 6.70. The molecule has 0 bridgehead atoms. The highest BCUT2D eigenvalue weighted by Crippen LogP contribution is 2.20. The van der Waals surface area contributed by atoms with Crippen LogP contribution in [-0.4, -0.2) is 71.4 Å². The standard InChI is InChI=1S/C20H30N2O5/c1-14-12-16(18(23)24)6-7-17(14)26-11-10-21-8-9-22(13-15(21)2)19(25)27-20(3,4)5/h6-7,12,15H,8-11,13H2,1-5H3,(H,23,24)/t15-/m0/s1. The number of carbonyl (C=O) groups is 2. The van der Waals surface area contributed by atoms with Gasteiger partial charge in [0.2, 0.25) is 0 Å². The van der Waals surface area contributed by atoms with Crippen molar-refractivity contribution in [3.05, 3.63) is 29.3 Å². The first-order valence-corrected chi connectivity index (χ1v) is 9.25. The Morgan fingerprint density at radius 1 is 1.26 bits per heavy atom. The van der Waals surface area contributed by atoms with Crippen LogP contribution in [0.15, 0.2) is 18.2 Å². The van der Waals surface area contributed by atoms with Gasteiger partial charge in [-0.2, -0.15) is 0 Å². The van der Waals surface area contributed by atoms with E-state index in [9.17, 15) is 9.59 Å². The summed E-state index contributed by atoms with van der Waals surface area (Å²) in [6.07, 6.45) is -0.264. The number of benzene rings is 1. The van der Waals surface area contributed by atoms with E-state index in [1.54, 1.807) is 23.1 Å². The number of hydrogen-bond acceptors (Lipinski definition) is 5. The van der Waals surface area contributed by atoms with Crippen molar-refractivity contribution in [1.82, 2.24) is 9.80 Å². The van der Waals surface area contributed by atoms with Crippen LogP contribution in [-0.2, 0) is 4.74 Å². The summed E-state index contributed by atoms with van der Waals surface area (Å²) in [5, 5.41) is 9.01. The number of carboxylic acid groups (broad SMARTS) is 1. The summed E-state index contributed by atoms with van der Waals surface area (Å²) in [5.41, 5.74) is 0.573. The predicted octanol–water partition coefficient (Wildman–Crippen LogP) is 3.01. The molecule has 1 fully saturated rings. The minimum absolute atomic E-state index is 0.213. The van der Waals surface area contributed by atoms with E-state index in [0.717, 1.165) is 18.7 Å². The normalized spacial score (nSPS) is 18.3. The summed E-state index contributed by atoms with van der Waals surface area (Å²) in [5.74, 6) is -0.249. The highest BCUT2D eigenvalue weighted by atomic mass is 16.6. The average Bonchev–Trinajstić information content (AvgIpc) is 2.55. The van der Waals surface area contributed by atoms with Gasteiger partial charge in [0.15, 0.2) is 0 Å². The smallest absolute Gasteiger partial charge is 0.410 e. The van der Waals surface area contributed by atoms with Crippen molar-refractivity contribution in [2.45, 2.75) is 46.3 Å². The third-order valence-corrected chi connectivity index (χ3v) is 4.47. The molecule has 1 aliphatic rings. The maximum absolute atomic E-state index is 12.2. The van der Waals surface area contributed by atoms with Gasteiger partial charge < -0.3 is 19.5 Å². The number of hydrogen-bond donors (Lipinski definition) is 1. The molecule has 1 amide bonds. The van der Waals surface area contributed by atoms with Crippen LogP contribution in [0.1, 0.15) is 43.6 Å². The van der Waals surface area contributed by atoms with Crippen molar-refractivity contribution >= 4 is 12.1 Å². The van der Waals surface area contributed by atoms with E-state index in [1.807, 2.05) is 27.7 Å². The Hall–Kier alpha value is -2.28. The number of aromatic carboxylic acids is 1. The molecule has 1 aromatic rings. The fourth-order valence-electron chi connectivity index (χ4n) is 3.04. The van der Waals surface area contributed by atoms with Crippen LogP contribution in [0.2, 0.25) is 0 Å². The number of nitrogens with zero attached hydrogens (tertiary/aromatic N) is 2. The molecule has 1 aromatic carbocycles. The molecule has 0 aromatic heterocycles. The summed E-state index contributed by atoms with van der Waals surface area (Å²) >= 11 is 0. The number of rotatable bonds is 5. The molecule has 1 N–H and O–H groups in total. The molecule has 0 spiro atoms. The summed E-state index contributed by atoms with van der Waals surface area (Å²) in [4.78, 5) is 27.2. The summed E-state index contributed by atoms with van der Waals surface area (Å²) < 4.78 is 11.3. The second kappa shape index (κ2) is 8.61. The van der Waals surface area contributed by atoms with E-state index in [2.05, 4.69) is 11.8 Å². The van der Waals surface area contributed by atoms with Gasteiger partial charge in [-0.25, -0.2) is 9.59 Å². The lowest BCUT2D eigenvalue weighted by molar-refractivity contribution is 0.00428. The van der Waals surface area contributed by atoms with Gasteiger partial charge in [-0.1, -0.05) is 0 Å². The molecule has 0 saturated carbocycles. The summed E-state index contributed by atoms with van der Waals surface area (Å²) in [6.45, 7) is 12.8. The number of carboxylic acids is 1. The summed E-state index contributed by atoms with van der Waals surface area (Å²) in [7, 11) is 0. The van der Waals surface area contributed by atoms with Gasteiger partial charge in [0.25, 0.3) is 0 Å². The topological polar surface area (TPSA) is 79.3 Å². The Labute approximate surface area is 160 Å². The van der Waals surface area contributed by atoms with Crippen molar-refractivity contribution in [2.24, 2.45) is 0 Å².